The van der Waals surface area contributed by atoms with Gasteiger partial charge in [0.1, 0.15) is 5.82 Å². The summed E-state index contributed by atoms with van der Waals surface area (Å²) < 4.78 is 39.1. The lowest BCUT2D eigenvalue weighted by molar-refractivity contribution is 0.586. The maximum atomic E-state index is 13.4. The normalized spacial score (nSPS) is 27.6. The minimum absolute atomic E-state index is 0.0188. The van der Waals surface area contributed by atoms with Crippen LogP contribution in [0.2, 0.25) is 0 Å². The lowest BCUT2D eigenvalue weighted by atomic mass is 10.1. The van der Waals surface area contributed by atoms with Crippen molar-refractivity contribution < 1.29 is 12.8 Å². The Labute approximate surface area is 128 Å². The molecule has 4 nitrogen and oxygen atoms in total. The second kappa shape index (κ2) is 5.15. The van der Waals surface area contributed by atoms with Crippen LogP contribution in [0.4, 0.5) is 4.39 Å². The summed E-state index contributed by atoms with van der Waals surface area (Å²) in [5.41, 5.74) is 11.4. The van der Waals surface area contributed by atoms with Gasteiger partial charge < -0.3 is 11.5 Å². The SMILES string of the molecule is NC[C@@]1(N)[C@H](S(=O)(=O)c2ccccc2)[C@@H]1c1cccc(F)c1. The monoisotopic (exact) mass is 320 g/mol. The number of halogens is 1. The molecule has 6 heteroatoms. The van der Waals surface area contributed by atoms with Gasteiger partial charge in [-0.15, -0.1) is 0 Å². The first-order chi connectivity index (χ1) is 10.4. The van der Waals surface area contributed by atoms with Gasteiger partial charge in [-0.1, -0.05) is 30.3 Å². The van der Waals surface area contributed by atoms with Crippen LogP contribution >= 0.6 is 0 Å². The van der Waals surface area contributed by atoms with E-state index in [1.54, 1.807) is 30.3 Å². The standard InChI is InChI=1S/C16H17FN2O2S/c17-12-6-4-5-11(9-12)14-15(16(14,19)10-18)22(20,21)13-7-2-1-3-8-13/h1-9,14-15H,10,18-19H2/t14-,15+,16-/m0/s1. The van der Waals surface area contributed by atoms with E-state index in [1.165, 1.54) is 24.3 Å². The van der Waals surface area contributed by atoms with Crippen LogP contribution in [0, 0.1) is 5.82 Å². The molecule has 1 aliphatic rings. The van der Waals surface area contributed by atoms with Crippen LogP contribution in [0.15, 0.2) is 59.5 Å². The van der Waals surface area contributed by atoms with E-state index >= 15 is 0 Å². The molecule has 3 rings (SSSR count). The smallest absolute Gasteiger partial charge is 0.183 e. The summed E-state index contributed by atoms with van der Waals surface area (Å²) in [5.74, 6) is -0.918. The van der Waals surface area contributed by atoms with Crippen molar-refractivity contribution in [3.8, 4) is 0 Å². The molecule has 22 heavy (non-hydrogen) atoms. The number of hydrogen-bond donors (Lipinski definition) is 2. The number of hydrogen-bond acceptors (Lipinski definition) is 4. The molecule has 0 heterocycles. The van der Waals surface area contributed by atoms with Gasteiger partial charge in [0.05, 0.1) is 15.7 Å². The molecule has 0 unspecified atom stereocenters. The molecule has 0 bridgehead atoms. The predicted octanol–water partition coefficient (Wildman–Crippen LogP) is 1.42. The summed E-state index contributed by atoms with van der Waals surface area (Å²) in [6.45, 7) is 0.0188. The molecular formula is C16H17FN2O2S. The Balaban J connectivity index is 2.04. The first-order valence-corrected chi connectivity index (χ1v) is 8.49. The first kappa shape index (κ1) is 15.1. The third-order valence-corrected chi connectivity index (χ3v) is 6.58. The van der Waals surface area contributed by atoms with Gasteiger partial charge in [-0.2, -0.15) is 0 Å². The molecule has 0 saturated heterocycles. The average Bonchev–Trinajstić information content (AvgIpc) is 3.16. The van der Waals surface area contributed by atoms with Crippen molar-refractivity contribution in [3.63, 3.8) is 0 Å². The van der Waals surface area contributed by atoms with Gasteiger partial charge >= 0.3 is 0 Å². The van der Waals surface area contributed by atoms with Gasteiger partial charge in [-0.05, 0) is 29.8 Å². The van der Waals surface area contributed by atoms with E-state index in [1.807, 2.05) is 0 Å². The van der Waals surface area contributed by atoms with Gasteiger partial charge in [-0.3, -0.25) is 0 Å². The highest BCUT2D eigenvalue weighted by atomic mass is 32.2. The second-order valence-corrected chi connectivity index (χ2v) is 7.70. The van der Waals surface area contributed by atoms with Crippen LogP contribution in [-0.4, -0.2) is 25.8 Å². The van der Waals surface area contributed by atoms with Crippen LogP contribution < -0.4 is 11.5 Å². The quantitative estimate of drug-likeness (QED) is 0.892. The largest absolute Gasteiger partial charge is 0.329 e. The van der Waals surface area contributed by atoms with Crippen molar-refractivity contribution >= 4 is 9.84 Å². The molecular weight excluding hydrogens is 303 g/mol. The Bertz CT molecular complexity index is 795. The van der Waals surface area contributed by atoms with Crippen LogP contribution in [0.3, 0.4) is 0 Å². The molecule has 1 saturated carbocycles. The zero-order valence-corrected chi connectivity index (χ0v) is 12.6. The van der Waals surface area contributed by atoms with Crippen molar-refractivity contribution in [1.82, 2.24) is 0 Å². The third-order valence-electron chi connectivity index (χ3n) is 4.27. The fourth-order valence-corrected chi connectivity index (χ4v) is 5.42. The molecule has 0 aromatic heterocycles. The number of sulfone groups is 1. The van der Waals surface area contributed by atoms with Crippen molar-refractivity contribution in [2.45, 2.75) is 21.6 Å². The van der Waals surface area contributed by atoms with Crippen molar-refractivity contribution in [3.05, 3.63) is 66.0 Å². The van der Waals surface area contributed by atoms with Gasteiger partial charge in [0, 0.05) is 12.5 Å². The topological polar surface area (TPSA) is 86.2 Å². The summed E-state index contributed by atoms with van der Waals surface area (Å²) in [7, 11) is -3.62. The molecule has 4 N–H and O–H groups in total. The third kappa shape index (κ3) is 2.24. The Kier molecular flexibility index (Phi) is 3.55. The molecule has 3 atom stereocenters. The molecule has 0 radical (unpaired) electrons. The fourth-order valence-electron chi connectivity index (χ4n) is 3.08. The molecule has 1 aliphatic carbocycles. The minimum Gasteiger partial charge on any atom is -0.329 e. The Morgan fingerprint density at radius 1 is 1.09 bits per heavy atom. The lowest BCUT2D eigenvalue weighted by Crippen LogP contribution is -2.39. The van der Waals surface area contributed by atoms with Crippen molar-refractivity contribution in [2.24, 2.45) is 11.5 Å². The van der Waals surface area contributed by atoms with E-state index in [0.29, 0.717) is 5.56 Å². The maximum absolute atomic E-state index is 13.4. The van der Waals surface area contributed by atoms with Crippen LogP contribution in [-0.2, 0) is 9.84 Å². The number of benzene rings is 2. The summed E-state index contributed by atoms with van der Waals surface area (Å²) in [4.78, 5) is 0.210. The zero-order valence-electron chi connectivity index (χ0n) is 11.8. The minimum atomic E-state index is -3.62. The van der Waals surface area contributed by atoms with Crippen molar-refractivity contribution in [2.75, 3.05) is 6.54 Å². The van der Waals surface area contributed by atoms with Crippen molar-refractivity contribution in [1.29, 1.82) is 0 Å². The van der Waals surface area contributed by atoms with E-state index in [4.69, 9.17) is 11.5 Å². The second-order valence-electron chi connectivity index (χ2n) is 5.63. The van der Waals surface area contributed by atoms with E-state index in [9.17, 15) is 12.8 Å². The fraction of sp³-hybridized carbons (Fsp3) is 0.250. The van der Waals surface area contributed by atoms with Gasteiger partial charge in [-0.25, -0.2) is 12.8 Å². The summed E-state index contributed by atoms with van der Waals surface area (Å²) in [5, 5.41) is -0.839. The van der Waals surface area contributed by atoms with Crippen LogP contribution in [0.5, 0.6) is 0 Å². The van der Waals surface area contributed by atoms with E-state index in [0.717, 1.165) is 0 Å². The average molecular weight is 320 g/mol. The first-order valence-electron chi connectivity index (χ1n) is 6.94. The molecule has 2 aromatic carbocycles. The summed E-state index contributed by atoms with van der Waals surface area (Å²) >= 11 is 0. The molecule has 2 aromatic rings. The summed E-state index contributed by atoms with van der Waals surface area (Å²) in [6, 6.07) is 14.0. The maximum Gasteiger partial charge on any atom is 0.183 e. The number of nitrogens with two attached hydrogens (primary N) is 2. The molecule has 0 amide bonds. The predicted molar refractivity (Wildman–Crippen MR) is 82.5 cm³/mol. The van der Waals surface area contributed by atoms with Gasteiger partial charge in [0.25, 0.3) is 0 Å². The van der Waals surface area contributed by atoms with E-state index < -0.39 is 32.4 Å². The van der Waals surface area contributed by atoms with E-state index in [-0.39, 0.29) is 11.4 Å². The highest BCUT2D eigenvalue weighted by Gasteiger charge is 2.68. The molecule has 1 fully saturated rings. The highest BCUT2D eigenvalue weighted by molar-refractivity contribution is 7.92. The lowest BCUT2D eigenvalue weighted by Gasteiger charge is -2.08. The van der Waals surface area contributed by atoms with Gasteiger partial charge in [0.2, 0.25) is 0 Å². The number of rotatable bonds is 4. The van der Waals surface area contributed by atoms with Crippen LogP contribution in [0.1, 0.15) is 11.5 Å². The zero-order chi connectivity index (χ0) is 16.0. The Hall–Kier alpha value is -1.76. The van der Waals surface area contributed by atoms with E-state index in [2.05, 4.69) is 0 Å². The molecule has 0 aliphatic heterocycles. The van der Waals surface area contributed by atoms with Gasteiger partial charge in [0.15, 0.2) is 9.84 Å². The summed E-state index contributed by atoms with van der Waals surface area (Å²) in [6.07, 6.45) is 0. The Morgan fingerprint density at radius 2 is 1.77 bits per heavy atom. The van der Waals surface area contributed by atoms with Crippen LogP contribution in [0.25, 0.3) is 0 Å². The Morgan fingerprint density at radius 3 is 2.36 bits per heavy atom. The highest BCUT2D eigenvalue weighted by Crippen LogP contribution is 2.55. The molecule has 0 spiro atoms. The molecule has 116 valence electrons.